The van der Waals surface area contributed by atoms with Crippen LogP contribution in [0.4, 0.5) is 13.2 Å². The van der Waals surface area contributed by atoms with Gasteiger partial charge in [0.15, 0.2) is 0 Å². The number of benzene rings is 1. The smallest absolute Gasteiger partial charge is 0.421 e. The van der Waals surface area contributed by atoms with Crippen molar-refractivity contribution in [2.45, 2.75) is 12.3 Å². The molecule has 2 aromatic rings. The Morgan fingerprint density at radius 2 is 1.92 bits per heavy atom. The van der Waals surface area contributed by atoms with Crippen LogP contribution in [0.5, 0.6) is 11.6 Å². The number of halogens is 3. The molecule has 1 fully saturated rings. The lowest BCUT2D eigenvalue weighted by atomic mass is 10.1. The van der Waals surface area contributed by atoms with Crippen LogP contribution in [0.2, 0.25) is 0 Å². The van der Waals surface area contributed by atoms with Crippen molar-refractivity contribution >= 4 is 5.91 Å². The number of likely N-dealkylation sites (tertiary alicyclic amines) is 1. The molecule has 0 aliphatic carbocycles. The molecule has 132 valence electrons. The lowest BCUT2D eigenvalue weighted by Crippen LogP contribution is -2.56. The highest BCUT2D eigenvalue weighted by Gasteiger charge is 2.38. The Balaban J connectivity index is 1.65. The van der Waals surface area contributed by atoms with Crippen LogP contribution in [0.25, 0.3) is 0 Å². The monoisotopic (exact) mass is 352 g/mol. The highest BCUT2D eigenvalue weighted by atomic mass is 19.4. The lowest BCUT2D eigenvalue weighted by molar-refractivity contribution is -0.140. The van der Waals surface area contributed by atoms with E-state index in [-0.39, 0.29) is 19.0 Å². The van der Waals surface area contributed by atoms with Crippen molar-refractivity contribution in [1.82, 2.24) is 9.88 Å². The van der Waals surface area contributed by atoms with Gasteiger partial charge in [-0.3, -0.25) is 4.79 Å². The number of carbonyl (C=O) groups is 1. The normalized spacial score (nSPS) is 14.8. The third kappa shape index (κ3) is 3.52. The van der Waals surface area contributed by atoms with E-state index in [1.54, 1.807) is 24.3 Å². The van der Waals surface area contributed by atoms with E-state index in [2.05, 4.69) is 4.98 Å². The summed E-state index contributed by atoms with van der Waals surface area (Å²) in [4.78, 5) is 17.6. The maximum Gasteiger partial charge on any atom is 0.421 e. The molecule has 25 heavy (non-hydrogen) atoms. The van der Waals surface area contributed by atoms with Gasteiger partial charge in [0, 0.05) is 6.20 Å². The Morgan fingerprint density at radius 3 is 2.60 bits per heavy atom. The molecule has 1 aromatic carbocycles. The second kappa shape index (κ2) is 6.62. The predicted molar refractivity (Wildman–Crippen MR) is 82.6 cm³/mol. The summed E-state index contributed by atoms with van der Waals surface area (Å²) in [5, 5.41) is 0. The van der Waals surface area contributed by atoms with E-state index in [1.807, 2.05) is 0 Å². The molecule has 3 rings (SSSR count). The molecule has 1 aromatic heterocycles. The number of hydrogen-bond acceptors (Lipinski definition) is 4. The standard InChI is InChI=1S/C17H15F3N2O3/c1-24-14-7-3-2-5-12(14)16(23)22-9-11(10-22)25-15-13(17(18,19)20)6-4-8-21-15/h2-8,11H,9-10H2,1H3. The average molecular weight is 352 g/mol. The number of nitrogens with zero attached hydrogens (tertiary/aromatic N) is 2. The molecule has 0 N–H and O–H groups in total. The minimum Gasteiger partial charge on any atom is -0.496 e. The van der Waals surface area contributed by atoms with Crippen LogP contribution < -0.4 is 9.47 Å². The predicted octanol–water partition coefficient (Wildman–Crippen LogP) is 3.01. The van der Waals surface area contributed by atoms with Crippen LogP contribution in [0, 0.1) is 0 Å². The minimum absolute atomic E-state index is 0.185. The quantitative estimate of drug-likeness (QED) is 0.849. The van der Waals surface area contributed by atoms with Gasteiger partial charge in [-0.15, -0.1) is 0 Å². The molecule has 1 saturated heterocycles. The fraction of sp³-hybridized carbons (Fsp3) is 0.294. The van der Waals surface area contributed by atoms with Crippen molar-refractivity contribution in [2.24, 2.45) is 0 Å². The van der Waals surface area contributed by atoms with E-state index in [9.17, 15) is 18.0 Å². The summed E-state index contributed by atoms with van der Waals surface area (Å²) in [6, 6.07) is 8.89. The van der Waals surface area contributed by atoms with Crippen LogP contribution >= 0.6 is 0 Å². The number of methoxy groups -OCH3 is 1. The Hall–Kier alpha value is -2.77. The molecular formula is C17H15F3N2O3. The molecule has 0 bridgehead atoms. The highest BCUT2D eigenvalue weighted by molar-refractivity contribution is 5.97. The largest absolute Gasteiger partial charge is 0.496 e. The molecule has 8 heteroatoms. The van der Waals surface area contributed by atoms with Crippen LogP contribution in [0.1, 0.15) is 15.9 Å². The molecule has 2 heterocycles. The summed E-state index contributed by atoms with van der Waals surface area (Å²) in [5.74, 6) is -0.278. The summed E-state index contributed by atoms with van der Waals surface area (Å²) in [5.41, 5.74) is -0.526. The van der Waals surface area contributed by atoms with Gasteiger partial charge in [-0.05, 0) is 24.3 Å². The summed E-state index contributed by atoms with van der Waals surface area (Å²) < 4.78 is 49.3. The van der Waals surface area contributed by atoms with Crippen LogP contribution in [-0.4, -0.2) is 42.1 Å². The zero-order valence-corrected chi connectivity index (χ0v) is 13.3. The van der Waals surface area contributed by atoms with Gasteiger partial charge in [-0.25, -0.2) is 4.98 Å². The molecule has 5 nitrogen and oxygen atoms in total. The topological polar surface area (TPSA) is 51.7 Å². The van der Waals surface area contributed by atoms with Gasteiger partial charge >= 0.3 is 6.18 Å². The van der Waals surface area contributed by atoms with E-state index in [0.717, 1.165) is 6.07 Å². The molecule has 0 spiro atoms. The summed E-state index contributed by atoms with van der Waals surface area (Å²) in [7, 11) is 1.47. The van der Waals surface area contributed by atoms with Gasteiger partial charge < -0.3 is 14.4 Å². The van der Waals surface area contributed by atoms with Crippen molar-refractivity contribution in [3.8, 4) is 11.6 Å². The van der Waals surface area contributed by atoms with Gasteiger partial charge in [0.2, 0.25) is 5.88 Å². The third-order valence-electron chi connectivity index (χ3n) is 3.83. The zero-order chi connectivity index (χ0) is 18.0. The number of hydrogen-bond donors (Lipinski definition) is 0. The lowest BCUT2D eigenvalue weighted by Gasteiger charge is -2.39. The summed E-state index contributed by atoms with van der Waals surface area (Å²) in [6.45, 7) is 0.371. The molecular weight excluding hydrogens is 337 g/mol. The van der Waals surface area contributed by atoms with Crippen LogP contribution in [-0.2, 0) is 6.18 Å². The fourth-order valence-corrected chi connectivity index (χ4v) is 2.53. The first kappa shape index (κ1) is 17.1. The van der Waals surface area contributed by atoms with Crippen molar-refractivity contribution in [3.63, 3.8) is 0 Å². The van der Waals surface area contributed by atoms with E-state index in [0.29, 0.717) is 11.3 Å². The highest BCUT2D eigenvalue weighted by Crippen LogP contribution is 2.35. The molecule has 0 radical (unpaired) electrons. The van der Waals surface area contributed by atoms with Crippen molar-refractivity contribution < 1.29 is 27.4 Å². The number of alkyl halides is 3. The van der Waals surface area contributed by atoms with E-state index in [1.165, 1.54) is 24.3 Å². The van der Waals surface area contributed by atoms with Gasteiger partial charge in [0.25, 0.3) is 5.91 Å². The first-order valence-corrected chi connectivity index (χ1v) is 7.51. The molecule has 1 aliphatic heterocycles. The van der Waals surface area contributed by atoms with Crippen molar-refractivity contribution in [1.29, 1.82) is 0 Å². The number of carbonyl (C=O) groups excluding carboxylic acids is 1. The van der Waals surface area contributed by atoms with Crippen LogP contribution in [0.15, 0.2) is 42.6 Å². The molecule has 0 atom stereocenters. The Kier molecular flexibility index (Phi) is 4.52. The number of ether oxygens (including phenoxy) is 2. The van der Waals surface area contributed by atoms with Gasteiger partial charge in [0.1, 0.15) is 17.4 Å². The maximum atomic E-state index is 12.9. The van der Waals surface area contributed by atoms with Gasteiger partial charge in [0.05, 0.1) is 25.8 Å². The number of pyridine rings is 1. The third-order valence-corrected chi connectivity index (χ3v) is 3.83. The van der Waals surface area contributed by atoms with E-state index >= 15 is 0 Å². The summed E-state index contributed by atoms with van der Waals surface area (Å²) >= 11 is 0. The molecule has 0 unspecified atom stereocenters. The Morgan fingerprint density at radius 1 is 1.20 bits per heavy atom. The minimum atomic E-state index is -4.54. The second-order valence-corrected chi connectivity index (χ2v) is 5.50. The molecule has 1 amide bonds. The molecule has 0 saturated carbocycles. The number of para-hydroxylation sites is 1. The molecule has 1 aliphatic rings. The van der Waals surface area contributed by atoms with Crippen LogP contribution in [0.3, 0.4) is 0 Å². The van der Waals surface area contributed by atoms with Gasteiger partial charge in [-0.1, -0.05) is 12.1 Å². The van der Waals surface area contributed by atoms with E-state index in [4.69, 9.17) is 9.47 Å². The first-order valence-electron chi connectivity index (χ1n) is 7.51. The van der Waals surface area contributed by atoms with E-state index < -0.39 is 23.7 Å². The number of amides is 1. The maximum absolute atomic E-state index is 12.9. The fourth-order valence-electron chi connectivity index (χ4n) is 2.53. The number of rotatable bonds is 4. The Labute approximate surface area is 142 Å². The van der Waals surface area contributed by atoms with Gasteiger partial charge in [-0.2, -0.15) is 13.2 Å². The average Bonchev–Trinajstić information content (AvgIpc) is 2.56. The second-order valence-electron chi connectivity index (χ2n) is 5.50. The van der Waals surface area contributed by atoms with Crippen molar-refractivity contribution in [2.75, 3.05) is 20.2 Å². The van der Waals surface area contributed by atoms with Crippen molar-refractivity contribution in [3.05, 3.63) is 53.7 Å². The first-order chi connectivity index (χ1) is 11.9. The SMILES string of the molecule is COc1ccccc1C(=O)N1CC(Oc2ncccc2C(F)(F)F)C1. The number of aromatic nitrogens is 1. The zero-order valence-electron chi connectivity index (χ0n) is 13.3. The summed E-state index contributed by atoms with van der Waals surface area (Å²) in [6.07, 6.45) is -3.84. The Bertz CT molecular complexity index is 774.